The molecule has 1 aliphatic carbocycles. The molecule has 26 heavy (non-hydrogen) atoms. The number of aryl methyl sites for hydroxylation is 1. The number of carbonyl (C=O) groups is 1. The second-order valence-electron chi connectivity index (χ2n) is 6.82. The molecule has 1 heterocycles. The highest BCUT2D eigenvalue weighted by Gasteiger charge is 2.15. The van der Waals surface area contributed by atoms with Crippen LogP contribution in [0.25, 0.3) is 11.0 Å². The number of nitrogens with one attached hydrogen (secondary N) is 1. The Labute approximate surface area is 153 Å². The molecule has 0 spiro atoms. The summed E-state index contributed by atoms with van der Waals surface area (Å²) < 4.78 is 10.9. The summed E-state index contributed by atoms with van der Waals surface area (Å²) in [6.45, 7) is 4.20. The largest absolute Gasteiger partial charge is 0.481 e. The van der Waals surface area contributed by atoms with Crippen molar-refractivity contribution in [3.8, 4) is 5.75 Å². The Morgan fingerprint density at radius 3 is 2.92 bits per heavy atom. The molecule has 0 saturated heterocycles. The Kier molecular flexibility index (Phi) is 5.76. The van der Waals surface area contributed by atoms with E-state index < -0.39 is 11.7 Å². The Morgan fingerprint density at radius 2 is 2.15 bits per heavy atom. The number of hydrogen-bond donors (Lipinski definition) is 1. The first-order valence-corrected chi connectivity index (χ1v) is 9.20. The molecule has 2 aromatic rings. The Bertz CT molecular complexity index is 881. The molecule has 0 saturated carbocycles. The van der Waals surface area contributed by atoms with Gasteiger partial charge < -0.3 is 14.5 Å². The molecule has 1 aliphatic rings. The molecule has 1 unspecified atom stereocenters. The van der Waals surface area contributed by atoms with Gasteiger partial charge in [0.2, 0.25) is 0 Å². The lowest BCUT2D eigenvalue weighted by Crippen LogP contribution is -2.37. The normalized spacial score (nSPS) is 15.4. The summed E-state index contributed by atoms with van der Waals surface area (Å²) >= 11 is 0. The lowest BCUT2D eigenvalue weighted by atomic mass is 9.97. The Balaban J connectivity index is 1.57. The van der Waals surface area contributed by atoms with E-state index in [4.69, 9.17) is 9.15 Å². The van der Waals surface area contributed by atoms with Gasteiger partial charge in [0.05, 0.1) is 0 Å². The van der Waals surface area contributed by atoms with E-state index in [2.05, 4.69) is 11.4 Å². The van der Waals surface area contributed by atoms with E-state index in [9.17, 15) is 9.59 Å². The van der Waals surface area contributed by atoms with Crippen molar-refractivity contribution in [2.24, 2.45) is 0 Å². The van der Waals surface area contributed by atoms with Crippen molar-refractivity contribution in [2.45, 2.75) is 52.1 Å². The molecule has 0 fully saturated rings. The molecule has 138 valence electrons. The standard InChI is InChI=1S/C21H25NO4/c1-14-12-20(23)26-19-13-17(8-9-18(14)19)25-15(2)21(24)22-11-10-16-6-4-3-5-7-16/h6,8-9,12-13,15H,3-5,7,10-11H2,1-2H3,(H,22,24). The van der Waals surface area contributed by atoms with Crippen LogP contribution in [0.5, 0.6) is 5.75 Å². The number of ether oxygens (including phenoxy) is 1. The van der Waals surface area contributed by atoms with Crippen molar-refractivity contribution >= 4 is 16.9 Å². The molecule has 5 heteroatoms. The number of fused-ring (bicyclic) bond motifs is 1. The first-order valence-electron chi connectivity index (χ1n) is 9.20. The number of rotatable bonds is 6. The molecular weight excluding hydrogens is 330 g/mol. The van der Waals surface area contributed by atoms with Crippen LogP contribution in [-0.4, -0.2) is 18.6 Å². The fourth-order valence-electron chi connectivity index (χ4n) is 3.26. The zero-order valence-corrected chi connectivity index (χ0v) is 15.3. The molecule has 1 N–H and O–H groups in total. The molecule has 0 aliphatic heterocycles. The molecule has 0 radical (unpaired) electrons. The van der Waals surface area contributed by atoms with Crippen LogP contribution in [0.1, 0.15) is 44.6 Å². The number of amides is 1. The van der Waals surface area contributed by atoms with Crippen molar-refractivity contribution in [3.63, 3.8) is 0 Å². The highest BCUT2D eigenvalue weighted by molar-refractivity contribution is 5.82. The maximum Gasteiger partial charge on any atom is 0.336 e. The van der Waals surface area contributed by atoms with Gasteiger partial charge in [-0.1, -0.05) is 11.6 Å². The SMILES string of the molecule is Cc1cc(=O)oc2cc(OC(C)C(=O)NCCC3=CCCCC3)ccc12. The number of hydrogen-bond acceptors (Lipinski definition) is 4. The van der Waals surface area contributed by atoms with Crippen LogP contribution in [0.4, 0.5) is 0 Å². The number of carbonyl (C=O) groups excluding carboxylic acids is 1. The average molecular weight is 355 g/mol. The van der Waals surface area contributed by atoms with Crippen molar-refractivity contribution < 1.29 is 13.9 Å². The van der Waals surface area contributed by atoms with E-state index in [0.717, 1.165) is 30.2 Å². The van der Waals surface area contributed by atoms with E-state index in [0.29, 0.717) is 17.9 Å². The average Bonchev–Trinajstić information content (AvgIpc) is 2.62. The van der Waals surface area contributed by atoms with Crippen LogP contribution in [-0.2, 0) is 4.79 Å². The van der Waals surface area contributed by atoms with Gasteiger partial charge >= 0.3 is 5.63 Å². The summed E-state index contributed by atoms with van der Waals surface area (Å²) in [5.74, 6) is 0.357. The molecule has 1 amide bonds. The monoisotopic (exact) mass is 355 g/mol. The van der Waals surface area contributed by atoms with E-state index >= 15 is 0 Å². The second-order valence-corrected chi connectivity index (χ2v) is 6.82. The lowest BCUT2D eigenvalue weighted by molar-refractivity contribution is -0.127. The van der Waals surface area contributed by atoms with Crippen molar-refractivity contribution in [2.75, 3.05) is 6.54 Å². The van der Waals surface area contributed by atoms with Gasteiger partial charge in [0.1, 0.15) is 11.3 Å². The fourth-order valence-corrected chi connectivity index (χ4v) is 3.26. The van der Waals surface area contributed by atoms with Crippen molar-refractivity contribution in [3.05, 3.63) is 51.9 Å². The van der Waals surface area contributed by atoms with Crippen molar-refractivity contribution in [1.82, 2.24) is 5.32 Å². The third kappa shape index (κ3) is 4.54. The Hall–Kier alpha value is -2.56. The van der Waals surface area contributed by atoms with Gasteiger partial charge in [0.15, 0.2) is 6.10 Å². The Morgan fingerprint density at radius 1 is 1.31 bits per heavy atom. The van der Waals surface area contributed by atoms with Crippen LogP contribution in [0.15, 0.2) is 45.1 Å². The summed E-state index contributed by atoms with van der Waals surface area (Å²) in [6.07, 6.45) is 7.39. The minimum atomic E-state index is -0.621. The first-order chi connectivity index (χ1) is 12.5. The van der Waals surface area contributed by atoms with Crippen molar-refractivity contribution in [1.29, 1.82) is 0 Å². The van der Waals surface area contributed by atoms with Crippen LogP contribution in [0.3, 0.4) is 0 Å². The lowest BCUT2D eigenvalue weighted by Gasteiger charge is -2.16. The van der Waals surface area contributed by atoms with E-state index in [-0.39, 0.29) is 5.91 Å². The summed E-state index contributed by atoms with van der Waals surface area (Å²) in [6, 6.07) is 6.73. The molecule has 1 atom stereocenters. The predicted molar refractivity (Wildman–Crippen MR) is 101 cm³/mol. The first kappa shape index (κ1) is 18.2. The van der Waals surface area contributed by atoms with Crippen LogP contribution < -0.4 is 15.7 Å². The van der Waals surface area contributed by atoms with Gasteiger partial charge in [-0.2, -0.15) is 0 Å². The minimum absolute atomic E-state index is 0.146. The predicted octanol–water partition coefficient (Wildman–Crippen LogP) is 3.88. The van der Waals surface area contributed by atoms with Gasteiger partial charge in [-0.25, -0.2) is 4.79 Å². The third-order valence-corrected chi connectivity index (χ3v) is 4.74. The second kappa shape index (κ2) is 8.21. The maximum absolute atomic E-state index is 12.2. The highest BCUT2D eigenvalue weighted by atomic mass is 16.5. The molecular formula is C21H25NO4. The molecule has 1 aromatic heterocycles. The topological polar surface area (TPSA) is 68.5 Å². The molecule has 0 bridgehead atoms. The molecule has 1 aromatic carbocycles. The zero-order chi connectivity index (χ0) is 18.5. The zero-order valence-electron chi connectivity index (χ0n) is 15.3. The number of benzene rings is 1. The summed E-state index contributed by atoms with van der Waals surface area (Å²) in [7, 11) is 0. The highest BCUT2D eigenvalue weighted by Crippen LogP contribution is 2.23. The van der Waals surface area contributed by atoms with Crippen LogP contribution in [0, 0.1) is 6.92 Å². The van der Waals surface area contributed by atoms with Crippen LogP contribution >= 0.6 is 0 Å². The summed E-state index contributed by atoms with van der Waals surface area (Å²) in [5.41, 5.74) is 2.36. The van der Waals surface area contributed by atoms with E-state index in [1.54, 1.807) is 19.1 Å². The van der Waals surface area contributed by atoms with Gasteiger partial charge in [-0.05, 0) is 63.6 Å². The van der Waals surface area contributed by atoms with Gasteiger partial charge in [-0.3, -0.25) is 4.79 Å². The molecule has 5 nitrogen and oxygen atoms in total. The quantitative estimate of drug-likeness (QED) is 0.631. The fraction of sp³-hybridized carbons (Fsp3) is 0.429. The van der Waals surface area contributed by atoms with Crippen LogP contribution in [0.2, 0.25) is 0 Å². The van der Waals surface area contributed by atoms with E-state index in [1.807, 2.05) is 13.0 Å². The summed E-state index contributed by atoms with van der Waals surface area (Å²) in [4.78, 5) is 23.8. The van der Waals surface area contributed by atoms with Gasteiger partial charge in [0, 0.05) is 24.1 Å². The van der Waals surface area contributed by atoms with Gasteiger partial charge in [0.25, 0.3) is 5.91 Å². The minimum Gasteiger partial charge on any atom is -0.481 e. The number of allylic oxidation sites excluding steroid dienone is 1. The third-order valence-electron chi connectivity index (χ3n) is 4.74. The smallest absolute Gasteiger partial charge is 0.336 e. The maximum atomic E-state index is 12.2. The van der Waals surface area contributed by atoms with E-state index in [1.165, 1.54) is 24.5 Å². The summed E-state index contributed by atoms with van der Waals surface area (Å²) in [5, 5.41) is 3.78. The molecule has 3 rings (SSSR count). The van der Waals surface area contributed by atoms with Gasteiger partial charge in [-0.15, -0.1) is 0 Å².